The zero-order chi connectivity index (χ0) is 19.9. The maximum Gasteiger partial charge on any atom is 0.230 e. The molecule has 7 nitrogen and oxygen atoms in total. The van der Waals surface area contributed by atoms with Gasteiger partial charge in [0.25, 0.3) is 0 Å². The van der Waals surface area contributed by atoms with Crippen molar-refractivity contribution in [3.8, 4) is 22.8 Å². The number of pyridine rings is 1. The number of aromatic nitrogens is 4. The monoisotopic (exact) mass is 397 g/mol. The standard InChI is InChI=1S/C20H23N5O2S/c1-4-27-17-10-6-5-9-16(17)25-19(15-8-7-11-21-12-15)23-24-20(25)28-13-18(26)22-14(2)3/h5-12,14H,4,13H2,1-3H3,(H,22,26). The van der Waals surface area contributed by atoms with Crippen LogP contribution in [-0.4, -0.2) is 44.1 Å². The molecule has 0 atom stereocenters. The molecule has 0 aliphatic heterocycles. The first-order valence-electron chi connectivity index (χ1n) is 9.10. The lowest BCUT2D eigenvalue weighted by atomic mass is 10.2. The van der Waals surface area contributed by atoms with Crippen LogP contribution in [0, 0.1) is 0 Å². The van der Waals surface area contributed by atoms with Gasteiger partial charge in [-0.3, -0.25) is 14.3 Å². The second-order valence-electron chi connectivity index (χ2n) is 6.29. The van der Waals surface area contributed by atoms with Gasteiger partial charge in [-0.25, -0.2) is 0 Å². The number of para-hydroxylation sites is 2. The van der Waals surface area contributed by atoms with Gasteiger partial charge in [-0.1, -0.05) is 23.9 Å². The van der Waals surface area contributed by atoms with Crippen LogP contribution in [0.5, 0.6) is 5.75 Å². The van der Waals surface area contributed by atoms with E-state index in [-0.39, 0.29) is 17.7 Å². The number of hydrogen-bond acceptors (Lipinski definition) is 6. The summed E-state index contributed by atoms with van der Waals surface area (Å²) in [6, 6.07) is 11.6. The molecular formula is C20H23N5O2S. The summed E-state index contributed by atoms with van der Waals surface area (Å²) in [6.45, 7) is 6.35. The van der Waals surface area contributed by atoms with Gasteiger partial charge in [-0.05, 0) is 45.0 Å². The van der Waals surface area contributed by atoms with E-state index in [1.807, 2.05) is 61.7 Å². The number of carbonyl (C=O) groups is 1. The van der Waals surface area contributed by atoms with Crippen molar-refractivity contribution >= 4 is 17.7 Å². The van der Waals surface area contributed by atoms with Gasteiger partial charge in [-0.2, -0.15) is 0 Å². The number of rotatable bonds is 8. The molecule has 2 heterocycles. The van der Waals surface area contributed by atoms with Crippen molar-refractivity contribution < 1.29 is 9.53 Å². The Labute approximate surface area is 168 Å². The fraction of sp³-hybridized carbons (Fsp3) is 0.300. The lowest BCUT2D eigenvalue weighted by Crippen LogP contribution is -2.31. The highest BCUT2D eigenvalue weighted by Gasteiger charge is 2.20. The Kier molecular flexibility index (Phi) is 6.65. The summed E-state index contributed by atoms with van der Waals surface area (Å²) >= 11 is 1.34. The smallest absolute Gasteiger partial charge is 0.230 e. The predicted molar refractivity (Wildman–Crippen MR) is 110 cm³/mol. The molecule has 0 unspecified atom stereocenters. The molecule has 0 spiro atoms. The second-order valence-corrected chi connectivity index (χ2v) is 7.24. The molecule has 3 rings (SSSR count). The Morgan fingerprint density at radius 3 is 2.75 bits per heavy atom. The lowest BCUT2D eigenvalue weighted by molar-refractivity contribution is -0.119. The number of carbonyl (C=O) groups excluding carboxylic acids is 1. The van der Waals surface area contributed by atoms with Crippen molar-refractivity contribution in [1.29, 1.82) is 0 Å². The van der Waals surface area contributed by atoms with Crippen LogP contribution in [0.4, 0.5) is 0 Å². The number of amides is 1. The van der Waals surface area contributed by atoms with Gasteiger partial charge in [-0.15, -0.1) is 10.2 Å². The van der Waals surface area contributed by atoms with Crippen molar-refractivity contribution in [1.82, 2.24) is 25.1 Å². The average Bonchev–Trinajstić information content (AvgIpc) is 3.11. The van der Waals surface area contributed by atoms with Crippen molar-refractivity contribution in [2.24, 2.45) is 0 Å². The van der Waals surface area contributed by atoms with Crippen molar-refractivity contribution in [2.45, 2.75) is 32.0 Å². The number of nitrogens with zero attached hydrogens (tertiary/aromatic N) is 4. The molecule has 1 amide bonds. The SMILES string of the molecule is CCOc1ccccc1-n1c(SCC(=O)NC(C)C)nnc1-c1cccnc1. The third-order valence-corrected chi connectivity index (χ3v) is 4.67. The maximum atomic E-state index is 12.1. The van der Waals surface area contributed by atoms with Crippen LogP contribution < -0.4 is 10.1 Å². The van der Waals surface area contributed by atoms with Crippen LogP contribution in [0.1, 0.15) is 20.8 Å². The Hall–Kier alpha value is -2.87. The van der Waals surface area contributed by atoms with Crippen LogP contribution in [0.3, 0.4) is 0 Å². The third kappa shape index (κ3) is 4.69. The van der Waals surface area contributed by atoms with E-state index in [0.29, 0.717) is 17.6 Å². The minimum atomic E-state index is -0.0458. The number of thioether (sulfide) groups is 1. The summed E-state index contributed by atoms with van der Waals surface area (Å²) in [5.41, 5.74) is 1.65. The Morgan fingerprint density at radius 1 is 1.21 bits per heavy atom. The highest BCUT2D eigenvalue weighted by molar-refractivity contribution is 7.99. The molecular weight excluding hydrogens is 374 g/mol. The van der Waals surface area contributed by atoms with Gasteiger partial charge < -0.3 is 10.1 Å². The van der Waals surface area contributed by atoms with Crippen molar-refractivity contribution in [2.75, 3.05) is 12.4 Å². The molecule has 0 aliphatic carbocycles. The van der Waals surface area contributed by atoms with Crippen LogP contribution >= 0.6 is 11.8 Å². The molecule has 8 heteroatoms. The van der Waals surface area contributed by atoms with Gasteiger partial charge in [0, 0.05) is 24.0 Å². The number of benzene rings is 1. The van der Waals surface area contributed by atoms with Gasteiger partial charge in [0.15, 0.2) is 11.0 Å². The zero-order valence-corrected chi connectivity index (χ0v) is 16.9. The quantitative estimate of drug-likeness (QED) is 0.587. The largest absolute Gasteiger partial charge is 0.492 e. The van der Waals surface area contributed by atoms with E-state index < -0.39 is 0 Å². The summed E-state index contributed by atoms with van der Waals surface area (Å²) in [5.74, 6) is 1.58. The first-order chi connectivity index (χ1) is 13.6. The molecule has 0 aliphatic rings. The molecule has 28 heavy (non-hydrogen) atoms. The number of ether oxygens (including phenoxy) is 1. The molecule has 3 aromatic rings. The summed E-state index contributed by atoms with van der Waals surface area (Å²) in [4.78, 5) is 16.3. The normalized spacial score (nSPS) is 10.9. The molecule has 1 aromatic carbocycles. The lowest BCUT2D eigenvalue weighted by Gasteiger charge is -2.15. The van der Waals surface area contributed by atoms with Gasteiger partial charge in [0.2, 0.25) is 5.91 Å². The minimum Gasteiger partial charge on any atom is -0.492 e. The van der Waals surface area contributed by atoms with E-state index in [4.69, 9.17) is 4.74 Å². The fourth-order valence-electron chi connectivity index (χ4n) is 2.68. The van der Waals surface area contributed by atoms with Gasteiger partial charge in [0.1, 0.15) is 5.75 Å². The van der Waals surface area contributed by atoms with Crippen LogP contribution in [0.15, 0.2) is 53.9 Å². The van der Waals surface area contributed by atoms with Crippen molar-refractivity contribution in [3.05, 3.63) is 48.8 Å². The topological polar surface area (TPSA) is 81.9 Å². The van der Waals surface area contributed by atoms with E-state index in [0.717, 1.165) is 17.0 Å². The Balaban J connectivity index is 2.02. The van der Waals surface area contributed by atoms with Crippen LogP contribution in [-0.2, 0) is 4.79 Å². The highest BCUT2D eigenvalue weighted by Crippen LogP contribution is 2.32. The van der Waals surface area contributed by atoms with E-state index in [2.05, 4.69) is 20.5 Å². The summed E-state index contributed by atoms with van der Waals surface area (Å²) in [6.07, 6.45) is 3.45. The van der Waals surface area contributed by atoms with Crippen molar-refractivity contribution in [3.63, 3.8) is 0 Å². The minimum absolute atomic E-state index is 0.0458. The number of nitrogens with one attached hydrogen (secondary N) is 1. The Morgan fingerprint density at radius 2 is 2.04 bits per heavy atom. The molecule has 1 N–H and O–H groups in total. The van der Waals surface area contributed by atoms with E-state index in [1.54, 1.807) is 12.4 Å². The third-order valence-electron chi connectivity index (χ3n) is 3.74. The van der Waals surface area contributed by atoms with Crippen LogP contribution in [0.25, 0.3) is 17.1 Å². The number of hydrogen-bond donors (Lipinski definition) is 1. The first-order valence-corrected chi connectivity index (χ1v) is 10.1. The summed E-state index contributed by atoms with van der Waals surface area (Å²) < 4.78 is 7.72. The maximum absolute atomic E-state index is 12.1. The first kappa shape index (κ1) is 19.9. The predicted octanol–water partition coefficient (Wildman–Crippen LogP) is 3.34. The molecule has 146 valence electrons. The molecule has 0 bridgehead atoms. The van der Waals surface area contributed by atoms with E-state index in [1.165, 1.54) is 11.8 Å². The molecule has 0 saturated heterocycles. The van der Waals surface area contributed by atoms with Crippen LogP contribution in [0.2, 0.25) is 0 Å². The molecule has 0 saturated carbocycles. The molecule has 0 fully saturated rings. The molecule has 2 aromatic heterocycles. The Bertz CT molecular complexity index is 927. The highest BCUT2D eigenvalue weighted by atomic mass is 32.2. The fourth-order valence-corrected chi connectivity index (χ4v) is 3.43. The average molecular weight is 398 g/mol. The second kappa shape index (κ2) is 9.36. The van der Waals surface area contributed by atoms with E-state index in [9.17, 15) is 4.79 Å². The molecule has 0 radical (unpaired) electrons. The van der Waals surface area contributed by atoms with Gasteiger partial charge in [0.05, 0.1) is 18.0 Å². The van der Waals surface area contributed by atoms with Gasteiger partial charge >= 0.3 is 0 Å². The zero-order valence-electron chi connectivity index (χ0n) is 16.1. The summed E-state index contributed by atoms with van der Waals surface area (Å²) in [7, 11) is 0. The summed E-state index contributed by atoms with van der Waals surface area (Å²) in [5, 5.41) is 12.2. The van der Waals surface area contributed by atoms with E-state index >= 15 is 0 Å².